The molecule has 0 aromatic carbocycles. The number of nitrogens with one attached hydrogen (secondary N) is 1. The molecule has 6 nitrogen and oxygen atoms in total. The molecule has 0 atom stereocenters. The van der Waals surface area contributed by atoms with E-state index in [1.807, 2.05) is 14.0 Å². The summed E-state index contributed by atoms with van der Waals surface area (Å²) in [6.45, 7) is 3.85. The van der Waals surface area contributed by atoms with Gasteiger partial charge in [-0.05, 0) is 19.5 Å². The van der Waals surface area contributed by atoms with Gasteiger partial charge in [-0.15, -0.1) is 0 Å². The van der Waals surface area contributed by atoms with Gasteiger partial charge in [0.2, 0.25) is 5.91 Å². The van der Waals surface area contributed by atoms with E-state index in [-0.39, 0.29) is 5.91 Å². The zero-order valence-electron chi connectivity index (χ0n) is 8.03. The molecule has 0 aliphatic rings. The smallest absolute Gasteiger partial charge is 0.234 e. The second kappa shape index (κ2) is 7.39. The van der Waals surface area contributed by atoms with E-state index in [4.69, 9.17) is 5.53 Å². The number of carbonyl (C=O) groups is 1. The van der Waals surface area contributed by atoms with Crippen LogP contribution in [0.25, 0.3) is 10.4 Å². The maximum Gasteiger partial charge on any atom is 0.234 e. The summed E-state index contributed by atoms with van der Waals surface area (Å²) in [5, 5.41) is 6.06. The van der Waals surface area contributed by atoms with Crippen molar-refractivity contribution in [2.75, 3.05) is 33.2 Å². The molecule has 1 N–H and O–H groups in total. The summed E-state index contributed by atoms with van der Waals surface area (Å²) in [5.74, 6) is -0.00839. The molecule has 0 aromatic rings. The Morgan fingerprint density at radius 1 is 1.69 bits per heavy atom. The van der Waals surface area contributed by atoms with Crippen LogP contribution in [0.2, 0.25) is 0 Å². The van der Waals surface area contributed by atoms with E-state index in [1.54, 1.807) is 4.90 Å². The highest BCUT2D eigenvalue weighted by Gasteiger charge is 2.03. The largest absolute Gasteiger partial charge is 0.355 e. The Hall–Kier alpha value is -1.26. The van der Waals surface area contributed by atoms with Gasteiger partial charge in [-0.25, -0.2) is 0 Å². The van der Waals surface area contributed by atoms with Crippen molar-refractivity contribution in [3.8, 4) is 0 Å². The van der Waals surface area contributed by atoms with Crippen molar-refractivity contribution in [2.45, 2.75) is 6.92 Å². The van der Waals surface area contributed by atoms with Gasteiger partial charge >= 0.3 is 0 Å². The number of hydrogen-bond donors (Lipinski definition) is 1. The van der Waals surface area contributed by atoms with Gasteiger partial charge < -0.3 is 5.32 Å². The first-order valence-electron chi connectivity index (χ1n) is 4.16. The lowest BCUT2D eigenvalue weighted by atomic mass is 10.5. The average molecular weight is 185 g/mol. The van der Waals surface area contributed by atoms with E-state index in [0.29, 0.717) is 26.2 Å². The molecule has 0 heterocycles. The summed E-state index contributed by atoms with van der Waals surface area (Å²) in [6, 6.07) is 0. The minimum Gasteiger partial charge on any atom is -0.355 e. The molecule has 0 aliphatic carbocycles. The van der Waals surface area contributed by atoms with Crippen LogP contribution < -0.4 is 5.32 Å². The van der Waals surface area contributed by atoms with Crippen molar-refractivity contribution in [3.63, 3.8) is 0 Å². The fraction of sp³-hybridized carbons (Fsp3) is 0.857. The molecule has 1 amide bonds. The van der Waals surface area contributed by atoms with Crippen LogP contribution in [0.15, 0.2) is 5.11 Å². The number of azide groups is 1. The summed E-state index contributed by atoms with van der Waals surface area (Å²) in [4.78, 5) is 15.5. The predicted octanol–water partition coefficient (Wildman–Crippen LogP) is 0.365. The highest BCUT2D eigenvalue weighted by molar-refractivity contribution is 5.77. The second-order valence-electron chi connectivity index (χ2n) is 2.65. The van der Waals surface area contributed by atoms with Crippen LogP contribution in [-0.2, 0) is 4.79 Å². The van der Waals surface area contributed by atoms with Gasteiger partial charge in [0.15, 0.2) is 0 Å². The maximum atomic E-state index is 11.0. The maximum absolute atomic E-state index is 11.0. The minimum atomic E-state index is -0.00839. The third-order valence-electron chi connectivity index (χ3n) is 1.43. The minimum absolute atomic E-state index is 0.00839. The molecule has 0 saturated heterocycles. The molecule has 0 fully saturated rings. The molecule has 13 heavy (non-hydrogen) atoms. The first-order valence-corrected chi connectivity index (χ1v) is 4.16. The average Bonchev–Trinajstić information content (AvgIpc) is 2.05. The zero-order valence-corrected chi connectivity index (χ0v) is 8.03. The van der Waals surface area contributed by atoms with Crippen LogP contribution in [0, 0.1) is 0 Å². The third kappa shape index (κ3) is 7.11. The predicted molar refractivity (Wildman–Crippen MR) is 50.2 cm³/mol. The van der Waals surface area contributed by atoms with Crippen molar-refractivity contribution < 1.29 is 4.79 Å². The second-order valence-corrected chi connectivity index (χ2v) is 2.65. The van der Waals surface area contributed by atoms with Crippen LogP contribution in [0.3, 0.4) is 0 Å². The highest BCUT2D eigenvalue weighted by Crippen LogP contribution is 1.82. The lowest BCUT2D eigenvalue weighted by Gasteiger charge is -2.13. The molecule has 0 rings (SSSR count). The Balaban J connectivity index is 3.54. The zero-order chi connectivity index (χ0) is 10.1. The third-order valence-corrected chi connectivity index (χ3v) is 1.43. The molecular formula is C7H15N5O. The fourth-order valence-electron chi connectivity index (χ4n) is 0.837. The number of rotatable bonds is 6. The van der Waals surface area contributed by atoms with Crippen molar-refractivity contribution >= 4 is 5.91 Å². The van der Waals surface area contributed by atoms with Gasteiger partial charge in [0.1, 0.15) is 0 Å². The van der Waals surface area contributed by atoms with Gasteiger partial charge in [-0.1, -0.05) is 5.11 Å². The molecule has 0 aliphatic heterocycles. The Morgan fingerprint density at radius 2 is 2.38 bits per heavy atom. The number of carbonyl (C=O) groups excluding carboxylic acids is 1. The number of nitrogens with zero attached hydrogens (tertiary/aromatic N) is 4. The number of hydrogen-bond acceptors (Lipinski definition) is 3. The van der Waals surface area contributed by atoms with Crippen LogP contribution >= 0.6 is 0 Å². The molecular weight excluding hydrogens is 170 g/mol. The molecule has 6 heteroatoms. The van der Waals surface area contributed by atoms with Crippen LogP contribution in [0.5, 0.6) is 0 Å². The Morgan fingerprint density at radius 3 is 2.92 bits per heavy atom. The molecule has 74 valence electrons. The Bertz CT molecular complexity index is 199. The van der Waals surface area contributed by atoms with Gasteiger partial charge in [0.05, 0.1) is 6.54 Å². The lowest BCUT2D eigenvalue weighted by Crippen LogP contribution is -2.35. The first kappa shape index (κ1) is 11.7. The van der Waals surface area contributed by atoms with Gasteiger partial charge in [0, 0.05) is 24.5 Å². The van der Waals surface area contributed by atoms with E-state index >= 15 is 0 Å². The first-order chi connectivity index (χ1) is 6.20. The van der Waals surface area contributed by atoms with E-state index in [1.165, 1.54) is 0 Å². The van der Waals surface area contributed by atoms with E-state index in [9.17, 15) is 4.79 Å². The van der Waals surface area contributed by atoms with Gasteiger partial charge in [-0.2, -0.15) is 0 Å². The fourth-order valence-corrected chi connectivity index (χ4v) is 0.837. The molecule has 0 saturated carbocycles. The molecule has 0 radical (unpaired) electrons. The topological polar surface area (TPSA) is 81.1 Å². The number of likely N-dealkylation sites (N-methyl/N-ethyl adjacent to an activating group) is 2. The summed E-state index contributed by atoms with van der Waals surface area (Å²) in [5.41, 5.74) is 8.01. The molecule has 0 aromatic heterocycles. The number of amides is 1. The Labute approximate surface area is 77.5 Å². The van der Waals surface area contributed by atoms with Crippen LogP contribution in [0.1, 0.15) is 6.92 Å². The quantitative estimate of drug-likeness (QED) is 0.368. The van der Waals surface area contributed by atoms with Crippen molar-refractivity contribution in [3.05, 3.63) is 10.4 Å². The monoisotopic (exact) mass is 185 g/mol. The van der Waals surface area contributed by atoms with E-state index < -0.39 is 0 Å². The van der Waals surface area contributed by atoms with Crippen molar-refractivity contribution in [1.82, 2.24) is 10.2 Å². The normalized spacial score (nSPS) is 9.46. The van der Waals surface area contributed by atoms with Gasteiger partial charge in [0.25, 0.3) is 0 Å². The molecule has 0 spiro atoms. The van der Waals surface area contributed by atoms with E-state index in [0.717, 1.165) is 0 Å². The molecule has 0 bridgehead atoms. The SMILES string of the molecule is CCNC(=O)CN(C)CCN=[N+]=[N-]. The van der Waals surface area contributed by atoms with Crippen molar-refractivity contribution in [2.24, 2.45) is 5.11 Å². The van der Waals surface area contributed by atoms with Crippen LogP contribution in [0.4, 0.5) is 0 Å². The molecule has 0 unspecified atom stereocenters. The summed E-state index contributed by atoms with van der Waals surface area (Å²) >= 11 is 0. The summed E-state index contributed by atoms with van der Waals surface area (Å²) < 4.78 is 0. The van der Waals surface area contributed by atoms with Crippen LogP contribution in [-0.4, -0.2) is 44.0 Å². The Kier molecular flexibility index (Phi) is 6.68. The van der Waals surface area contributed by atoms with E-state index in [2.05, 4.69) is 15.3 Å². The van der Waals surface area contributed by atoms with Gasteiger partial charge in [-0.3, -0.25) is 9.69 Å². The summed E-state index contributed by atoms with van der Waals surface area (Å²) in [7, 11) is 1.81. The summed E-state index contributed by atoms with van der Waals surface area (Å²) in [6.07, 6.45) is 0. The standard InChI is InChI=1S/C7H15N5O/c1-3-9-7(13)6-12(2)5-4-10-11-8/h3-6H2,1-2H3,(H,9,13). The van der Waals surface area contributed by atoms with Crippen molar-refractivity contribution in [1.29, 1.82) is 0 Å². The highest BCUT2D eigenvalue weighted by atomic mass is 16.1. The lowest BCUT2D eigenvalue weighted by molar-refractivity contribution is -0.121.